The molecule has 0 aliphatic rings. The first kappa shape index (κ1) is 22.1. The van der Waals surface area contributed by atoms with Crippen molar-refractivity contribution in [2.75, 3.05) is 19.5 Å². The number of anilines is 1. The third kappa shape index (κ3) is 4.32. The molecule has 0 radical (unpaired) electrons. The number of hydrogen-bond donors (Lipinski definition) is 1. The highest BCUT2D eigenvalue weighted by molar-refractivity contribution is 6.09. The number of alkyl halides is 3. The lowest BCUT2D eigenvalue weighted by atomic mass is 10.1. The Hall–Kier alpha value is -4.08. The summed E-state index contributed by atoms with van der Waals surface area (Å²) in [6.07, 6.45) is -3.65. The number of aryl methyl sites for hydroxylation is 1. The summed E-state index contributed by atoms with van der Waals surface area (Å²) in [7, 11) is 2.91. The Kier molecular flexibility index (Phi) is 5.67. The van der Waals surface area contributed by atoms with Crippen LogP contribution in [0.25, 0.3) is 16.9 Å². The first-order valence-electron chi connectivity index (χ1n) is 9.77. The second-order valence-corrected chi connectivity index (χ2v) is 7.20. The number of benzene rings is 2. The molecule has 0 aliphatic carbocycles. The molecule has 2 aromatic carbocycles. The fourth-order valence-corrected chi connectivity index (χ4v) is 3.29. The lowest BCUT2D eigenvalue weighted by Crippen LogP contribution is -2.16. The summed E-state index contributed by atoms with van der Waals surface area (Å²) in [4.78, 5) is 17.3. The van der Waals surface area contributed by atoms with Crippen molar-refractivity contribution < 1.29 is 27.4 Å². The maximum atomic E-state index is 13.8. The van der Waals surface area contributed by atoms with Crippen molar-refractivity contribution in [2.24, 2.45) is 0 Å². The van der Waals surface area contributed by atoms with Gasteiger partial charge >= 0.3 is 6.18 Å². The highest BCUT2D eigenvalue weighted by atomic mass is 19.4. The topological polar surface area (TPSA) is 77.8 Å². The highest BCUT2D eigenvalue weighted by Gasteiger charge is 2.36. The second-order valence-electron chi connectivity index (χ2n) is 7.20. The highest BCUT2D eigenvalue weighted by Crippen LogP contribution is 2.34. The van der Waals surface area contributed by atoms with Crippen LogP contribution in [-0.2, 0) is 6.18 Å². The molecule has 10 heteroatoms. The Morgan fingerprint density at radius 1 is 1.03 bits per heavy atom. The van der Waals surface area contributed by atoms with Crippen molar-refractivity contribution in [1.82, 2.24) is 14.6 Å². The van der Waals surface area contributed by atoms with Crippen molar-refractivity contribution in [3.63, 3.8) is 0 Å². The van der Waals surface area contributed by atoms with E-state index in [9.17, 15) is 18.0 Å². The normalized spacial score (nSPS) is 11.5. The summed E-state index contributed by atoms with van der Waals surface area (Å²) in [5.41, 5.74) is 0.452. The molecule has 1 N–H and O–H groups in total. The van der Waals surface area contributed by atoms with Crippen LogP contribution < -0.4 is 14.8 Å². The van der Waals surface area contributed by atoms with E-state index in [2.05, 4.69) is 15.4 Å². The lowest BCUT2D eigenvalue weighted by molar-refractivity contribution is -0.142. The van der Waals surface area contributed by atoms with Crippen LogP contribution >= 0.6 is 0 Å². The fraction of sp³-hybridized carbons (Fsp3) is 0.174. The largest absolute Gasteiger partial charge is 0.497 e. The molecule has 170 valence electrons. The predicted molar refractivity (Wildman–Crippen MR) is 116 cm³/mol. The summed E-state index contributed by atoms with van der Waals surface area (Å²) in [5, 5.41) is 6.43. The molecule has 0 spiro atoms. The molecule has 7 nitrogen and oxygen atoms in total. The Labute approximate surface area is 186 Å². The van der Waals surface area contributed by atoms with Crippen LogP contribution in [0.4, 0.5) is 18.9 Å². The Morgan fingerprint density at radius 3 is 2.39 bits per heavy atom. The summed E-state index contributed by atoms with van der Waals surface area (Å²) in [6, 6.07) is 12.6. The van der Waals surface area contributed by atoms with Gasteiger partial charge in [-0.2, -0.15) is 18.3 Å². The average molecular weight is 456 g/mol. The molecule has 0 bridgehead atoms. The minimum Gasteiger partial charge on any atom is -0.497 e. The number of nitrogens with zero attached hydrogens (tertiary/aromatic N) is 3. The van der Waals surface area contributed by atoms with Crippen LogP contribution in [0, 0.1) is 6.92 Å². The monoisotopic (exact) mass is 456 g/mol. The van der Waals surface area contributed by atoms with Crippen LogP contribution in [0.3, 0.4) is 0 Å². The van der Waals surface area contributed by atoms with Gasteiger partial charge in [0.2, 0.25) is 0 Å². The van der Waals surface area contributed by atoms with Gasteiger partial charge in [0.25, 0.3) is 5.91 Å². The van der Waals surface area contributed by atoms with Crippen molar-refractivity contribution in [1.29, 1.82) is 0 Å². The minimum atomic E-state index is -4.71. The molecule has 1 amide bonds. The first-order chi connectivity index (χ1) is 15.7. The quantitative estimate of drug-likeness (QED) is 0.458. The number of aromatic nitrogens is 3. The zero-order valence-corrected chi connectivity index (χ0v) is 17.9. The van der Waals surface area contributed by atoms with Crippen LogP contribution in [0.5, 0.6) is 11.5 Å². The van der Waals surface area contributed by atoms with Crippen molar-refractivity contribution >= 4 is 17.2 Å². The van der Waals surface area contributed by atoms with Gasteiger partial charge in [-0.05, 0) is 25.1 Å². The molecule has 0 fully saturated rings. The molecule has 4 rings (SSSR count). The Morgan fingerprint density at radius 2 is 1.76 bits per heavy atom. The fourth-order valence-electron chi connectivity index (χ4n) is 3.29. The third-order valence-corrected chi connectivity index (χ3v) is 5.01. The van der Waals surface area contributed by atoms with E-state index in [1.54, 1.807) is 42.5 Å². The van der Waals surface area contributed by atoms with Gasteiger partial charge in [-0.3, -0.25) is 4.79 Å². The SMILES string of the molecule is COc1ccc(NC(=O)c2cnn3c(C(F)(F)F)cc(-c4ccc(C)cc4)nc23)c(OC)c1. The number of hydrogen-bond acceptors (Lipinski definition) is 5. The van der Waals surface area contributed by atoms with E-state index in [1.165, 1.54) is 14.2 Å². The molecule has 0 atom stereocenters. The van der Waals surface area contributed by atoms with Crippen molar-refractivity contribution in [3.8, 4) is 22.8 Å². The van der Waals surface area contributed by atoms with Gasteiger partial charge in [0, 0.05) is 11.6 Å². The maximum absolute atomic E-state index is 13.8. The summed E-state index contributed by atoms with van der Waals surface area (Å²) >= 11 is 0. The second kappa shape index (κ2) is 8.45. The van der Waals surface area contributed by atoms with Gasteiger partial charge in [-0.25, -0.2) is 9.50 Å². The summed E-state index contributed by atoms with van der Waals surface area (Å²) in [6.45, 7) is 1.87. The molecule has 2 heterocycles. The molecular formula is C23H19F3N4O3. The van der Waals surface area contributed by atoms with Gasteiger partial charge in [0.1, 0.15) is 17.1 Å². The first-order valence-corrected chi connectivity index (χ1v) is 9.77. The van der Waals surface area contributed by atoms with Crippen LogP contribution in [0.1, 0.15) is 21.6 Å². The summed E-state index contributed by atoms with van der Waals surface area (Å²) < 4.78 is 52.4. The molecule has 0 saturated carbocycles. The van der Waals surface area contributed by atoms with Crippen LogP contribution in [0.15, 0.2) is 54.7 Å². The van der Waals surface area contributed by atoms with Gasteiger partial charge in [-0.15, -0.1) is 0 Å². The predicted octanol–water partition coefficient (Wildman–Crippen LogP) is 4.99. The molecular weight excluding hydrogens is 437 g/mol. The number of carbonyl (C=O) groups excluding carboxylic acids is 1. The van der Waals surface area contributed by atoms with Gasteiger partial charge in [0.15, 0.2) is 11.3 Å². The zero-order chi connectivity index (χ0) is 23.8. The van der Waals surface area contributed by atoms with E-state index in [0.717, 1.165) is 17.8 Å². The minimum absolute atomic E-state index is 0.0754. The Balaban J connectivity index is 1.81. The van der Waals surface area contributed by atoms with Crippen LogP contribution in [0.2, 0.25) is 0 Å². The number of nitrogens with one attached hydrogen (secondary N) is 1. The van der Waals surface area contributed by atoms with E-state index < -0.39 is 17.8 Å². The lowest BCUT2D eigenvalue weighted by Gasteiger charge is -2.13. The van der Waals surface area contributed by atoms with Crippen molar-refractivity contribution in [2.45, 2.75) is 13.1 Å². The van der Waals surface area contributed by atoms with Gasteiger partial charge in [-0.1, -0.05) is 29.8 Å². The number of amides is 1. The standard InChI is InChI=1S/C23H19F3N4O3/c1-13-4-6-14(7-5-13)18-11-20(23(24,25)26)30-21(28-18)16(12-27-30)22(31)29-17-9-8-15(32-2)10-19(17)33-3/h4-12H,1-3H3,(H,29,31). The molecule has 33 heavy (non-hydrogen) atoms. The summed E-state index contributed by atoms with van der Waals surface area (Å²) in [5.74, 6) is 0.152. The smallest absolute Gasteiger partial charge is 0.433 e. The number of rotatable bonds is 5. The third-order valence-electron chi connectivity index (χ3n) is 5.01. The number of carbonyl (C=O) groups is 1. The Bertz CT molecular complexity index is 1330. The number of ether oxygens (including phenoxy) is 2. The van der Waals surface area contributed by atoms with E-state index in [4.69, 9.17) is 9.47 Å². The number of halogens is 3. The zero-order valence-electron chi connectivity index (χ0n) is 17.9. The molecule has 0 unspecified atom stereocenters. The molecule has 4 aromatic rings. The number of fused-ring (bicyclic) bond motifs is 1. The number of methoxy groups -OCH3 is 2. The van der Waals surface area contributed by atoms with Crippen molar-refractivity contribution in [3.05, 3.63) is 71.5 Å². The molecule has 2 aromatic heterocycles. The van der Waals surface area contributed by atoms with E-state index in [-0.39, 0.29) is 16.9 Å². The van der Waals surface area contributed by atoms with E-state index >= 15 is 0 Å². The van der Waals surface area contributed by atoms with Gasteiger partial charge in [0.05, 0.1) is 31.8 Å². The average Bonchev–Trinajstić information content (AvgIpc) is 3.22. The molecule has 0 saturated heterocycles. The molecule has 0 aliphatic heterocycles. The maximum Gasteiger partial charge on any atom is 0.433 e. The van der Waals surface area contributed by atoms with Crippen LogP contribution in [-0.4, -0.2) is 34.7 Å². The van der Waals surface area contributed by atoms with E-state index in [1.807, 2.05) is 6.92 Å². The van der Waals surface area contributed by atoms with Gasteiger partial charge < -0.3 is 14.8 Å². The van der Waals surface area contributed by atoms with E-state index in [0.29, 0.717) is 27.3 Å².